The van der Waals surface area contributed by atoms with Crippen molar-refractivity contribution in [1.82, 2.24) is 4.90 Å². The zero-order valence-electron chi connectivity index (χ0n) is 17.7. The van der Waals surface area contributed by atoms with Crippen LogP contribution in [0.15, 0.2) is 83.9 Å². The van der Waals surface area contributed by atoms with Gasteiger partial charge in [0.2, 0.25) is 0 Å². The number of fused-ring (bicyclic) bond motifs is 1. The predicted molar refractivity (Wildman–Crippen MR) is 127 cm³/mol. The Morgan fingerprint density at radius 1 is 0.710 bits per heavy atom. The maximum absolute atomic E-state index is 13.4. The number of anilines is 1. The Morgan fingerprint density at radius 3 is 2.10 bits per heavy atom. The molecule has 2 heterocycles. The van der Waals surface area contributed by atoms with Crippen molar-refractivity contribution >= 4 is 23.0 Å². The molecule has 0 saturated carbocycles. The van der Waals surface area contributed by atoms with Crippen LogP contribution in [0.25, 0.3) is 11.1 Å². The van der Waals surface area contributed by atoms with E-state index in [2.05, 4.69) is 29.2 Å². The Kier molecular flexibility index (Phi) is 5.63. The maximum atomic E-state index is 13.4. The van der Waals surface area contributed by atoms with E-state index in [1.807, 2.05) is 59.5 Å². The Balaban J connectivity index is 1.42. The van der Waals surface area contributed by atoms with E-state index < -0.39 is 0 Å². The molecule has 0 N–H and O–H groups in total. The number of rotatable bonds is 4. The summed E-state index contributed by atoms with van der Waals surface area (Å²) >= 11 is 0. The third-order valence-electron chi connectivity index (χ3n) is 6.15. The molecule has 0 atom stereocenters. The minimum atomic E-state index is -0.00224. The molecule has 4 heteroatoms. The number of amides is 1. The van der Waals surface area contributed by atoms with Crippen LogP contribution in [0.3, 0.4) is 0 Å². The molecular formula is C27H27N3O. The number of nitrogens with zero attached hydrogens (tertiary/aromatic N) is 3. The summed E-state index contributed by atoms with van der Waals surface area (Å²) in [4.78, 5) is 22.5. The minimum absolute atomic E-state index is 0.00224. The summed E-state index contributed by atoms with van der Waals surface area (Å²) in [6, 6.07) is 26.4. The van der Waals surface area contributed by atoms with E-state index in [0.29, 0.717) is 12.4 Å². The summed E-state index contributed by atoms with van der Waals surface area (Å²) in [7, 11) is 0. The van der Waals surface area contributed by atoms with Crippen LogP contribution in [0.1, 0.15) is 31.2 Å². The zero-order valence-corrected chi connectivity index (χ0v) is 17.7. The molecule has 0 unspecified atom stereocenters. The summed E-state index contributed by atoms with van der Waals surface area (Å²) in [5, 5.41) is 0. The topological polar surface area (TPSA) is 35.9 Å². The van der Waals surface area contributed by atoms with Gasteiger partial charge < -0.3 is 0 Å². The number of para-hydroxylation sites is 1. The van der Waals surface area contributed by atoms with Crippen molar-refractivity contribution in [2.75, 3.05) is 24.7 Å². The lowest BCUT2D eigenvalue weighted by Gasteiger charge is -2.26. The molecule has 1 saturated heterocycles. The first-order valence-electron chi connectivity index (χ1n) is 11.2. The van der Waals surface area contributed by atoms with E-state index in [0.717, 1.165) is 35.6 Å². The van der Waals surface area contributed by atoms with E-state index in [1.165, 1.54) is 31.2 Å². The van der Waals surface area contributed by atoms with Gasteiger partial charge in [-0.2, -0.15) is 0 Å². The summed E-state index contributed by atoms with van der Waals surface area (Å²) in [5.74, 6) is -0.00224. The fraction of sp³-hybridized carbons (Fsp3) is 0.259. The summed E-state index contributed by atoms with van der Waals surface area (Å²) in [6.45, 7) is 2.75. The molecule has 4 nitrogen and oxygen atoms in total. The third kappa shape index (κ3) is 4.17. The Bertz CT molecular complexity index is 1080. The van der Waals surface area contributed by atoms with Crippen molar-refractivity contribution < 1.29 is 4.79 Å². The molecule has 0 aliphatic carbocycles. The predicted octanol–water partition coefficient (Wildman–Crippen LogP) is 5.65. The van der Waals surface area contributed by atoms with Gasteiger partial charge in [0.15, 0.2) is 0 Å². The second kappa shape index (κ2) is 8.86. The van der Waals surface area contributed by atoms with Crippen LogP contribution in [0.4, 0.5) is 11.4 Å². The molecule has 0 aromatic heterocycles. The highest BCUT2D eigenvalue weighted by molar-refractivity contribution is 6.54. The molecule has 5 rings (SSSR count). The normalized spacial score (nSPS) is 18.3. The van der Waals surface area contributed by atoms with Gasteiger partial charge in [-0.05, 0) is 55.3 Å². The Morgan fingerprint density at radius 2 is 1.35 bits per heavy atom. The van der Waals surface area contributed by atoms with Crippen molar-refractivity contribution in [2.45, 2.75) is 25.7 Å². The number of likely N-dealkylation sites (tertiary alicyclic amines) is 1. The standard InChI is InChI=1S/C27H27N3O/c31-27-26(28-23-16-14-22(15-17-23)21-10-4-3-5-11-21)24-12-6-7-13-25(24)30(27)20-29-18-8-1-2-9-19-29/h3-7,10-17H,1-2,8-9,18-20H2. The smallest absolute Gasteiger partial charge is 0.278 e. The lowest BCUT2D eigenvalue weighted by atomic mass is 10.1. The third-order valence-corrected chi connectivity index (χ3v) is 6.15. The maximum Gasteiger partial charge on any atom is 0.278 e. The average molecular weight is 410 g/mol. The number of hydrogen-bond acceptors (Lipinski definition) is 3. The van der Waals surface area contributed by atoms with Gasteiger partial charge in [0.25, 0.3) is 5.91 Å². The first kappa shape index (κ1) is 19.7. The van der Waals surface area contributed by atoms with Crippen LogP contribution in [0.2, 0.25) is 0 Å². The SMILES string of the molecule is O=C1C(=Nc2ccc(-c3ccccc3)cc2)c2ccccc2N1CN1CCCCCC1. The van der Waals surface area contributed by atoms with Crippen LogP contribution in [0.5, 0.6) is 0 Å². The molecule has 1 fully saturated rings. The number of hydrogen-bond donors (Lipinski definition) is 0. The van der Waals surface area contributed by atoms with Crippen LogP contribution in [-0.4, -0.2) is 36.3 Å². The number of carbonyl (C=O) groups is 1. The van der Waals surface area contributed by atoms with Gasteiger partial charge in [-0.3, -0.25) is 14.6 Å². The van der Waals surface area contributed by atoms with Crippen molar-refractivity contribution in [3.05, 3.63) is 84.4 Å². The first-order chi connectivity index (χ1) is 15.3. The monoisotopic (exact) mass is 409 g/mol. The molecule has 0 radical (unpaired) electrons. The number of aliphatic imine (C=N–C) groups is 1. The van der Waals surface area contributed by atoms with Gasteiger partial charge in [-0.15, -0.1) is 0 Å². The van der Waals surface area contributed by atoms with Gasteiger partial charge in [0.05, 0.1) is 18.0 Å². The molecule has 2 aliphatic heterocycles. The van der Waals surface area contributed by atoms with E-state index >= 15 is 0 Å². The lowest BCUT2D eigenvalue weighted by Crippen LogP contribution is -2.41. The molecule has 3 aromatic carbocycles. The summed E-state index contributed by atoms with van der Waals surface area (Å²) < 4.78 is 0. The van der Waals surface area contributed by atoms with E-state index in [9.17, 15) is 4.79 Å². The van der Waals surface area contributed by atoms with Crippen LogP contribution in [0, 0.1) is 0 Å². The van der Waals surface area contributed by atoms with Crippen molar-refractivity contribution in [3.63, 3.8) is 0 Å². The Hall–Kier alpha value is -3.24. The van der Waals surface area contributed by atoms with E-state index in [-0.39, 0.29) is 5.91 Å². The van der Waals surface area contributed by atoms with Crippen LogP contribution in [-0.2, 0) is 4.79 Å². The molecule has 0 bridgehead atoms. The van der Waals surface area contributed by atoms with Gasteiger partial charge in [0.1, 0.15) is 5.71 Å². The van der Waals surface area contributed by atoms with Gasteiger partial charge >= 0.3 is 0 Å². The lowest BCUT2D eigenvalue weighted by molar-refractivity contribution is -0.112. The highest BCUT2D eigenvalue weighted by Crippen LogP contribution is 2.32. The number of benzene rings is 3. The highest BCUT2D eigenvalue weighted by Gasteiger charge is 2.34. The van der Waals surface area contributed by atoms with Crippen molar-refractivity contribution in [2.24, 2.45) is 4.99 Å². The molecule has 156 valence electrons. The number of carbonyl (C=O) groups excluding carboxylic acids is 1. The molecule has 31 heavy (non-hydrogen) atoms. The minimum Gasteiger partial charge on any atom is -0.293 e. The Labute approximate surface area is 183 Å². The molecule has 2 aliphatic rings. The zero-order chi connectivity index (χ0) is 21.0. The average Bonchev–Trinajstić information content (AvgIpc) is 2.98. The van der Waals surface area contributed by atoms with Crippen molar-refractivity contribution in [1.29, 1.82) is 0 Å². The summed E-state index contributed by atoms with van der Waals surface area (Å²) in [5.41, 5.74) is 5.55. The second-order valence-corrected chi connectivity index (χ2v) is 8.30. The van der Waals surface area contributed by atoms with Gasteiger partial charge in [0, 0.05) is 5.56 Å². The van der Waals surface area contributed by atoms with E-state index in [4.69, 9.17) is 4.99 Å². The quantitative estimate of drug-likeness (QED) is 0.558. The van der Waals surface area contributed by atoms with Gasteiger partial charge in [-0.1, -0.05) is 73.5 Å². The van der Waals surface area contributed by atoms with Crippen LogP contribution >= 0.6 is 0 Å². The fourth-order valence-electron chi connectivity index (χ4n) is 4.48. The highest BCUT2D eigenvalue weighted by atomic mass is 16.2. The first-order valence-corrected chi connectivity index (χ1v) is 11.2. The fourth-order valence-corrected chi connectivity index (χ4v) is 4.48. The van der Waals surface area contributed by atoms with Crippen LogP contribution < -0.4 is 4.90 Å². The molecule has 1 amide bonds. The van der Waals surface area contributed by atoms with Gasteiger partial charge in [-0.25, -0.2) is 4.99 Å². The van der Waals surface area contributed by atoms with E-state index in [1.54, 1.807) is 0 Å². The summed E-state index contributed by atoms with van der Waals surface area (Å²) in [6.07, 6.45) is 4.98. The second-order valence-electron chi connectivity index (χ2n) is 8.30. The molecule has 0 spiro atoms. The largest absolute Gasteiger partial charge is 0.293 e. The van der Waals surface area contributed by atoms with Crippen molar-refractivity contribution in [3.8, 4) is 11.1 Å². The molecule has 3 aromatic rings. The molecular weight excluding hydrogens is 382 g/mol.